The van der Waals surface area contributed by atoms with Crippen LogP contribution >= 0.6 is 7.82 Å². The van der Waals surface area contributed by atoms with Gasteiger partial charge in [-0.3, -0.25) is 18.6 Å². The third-order valence-corrected chi connectivity index (χ3v) is 8.87. The van der Waals surface area contributed by atoms with Crippen molar-refractivity contribution in [3.63, 3.8) is 0 Å². The van der Waals surface area contributed by atoms with E-state index in [9.17, 15) is 19.0 Å². The summed E-state index contributed by atoms with van der Waals surface area (Å²) in [4.78, 5) is 35.0. The summed E-state index contributed by atoms with van der Waals surface area (Å²) >= 11 is 0. The number of phosphoric ester groups is 1. The predicted molar refractivity (Wildman–Crippen MR) is 233 cm³/mol. The molecular weight excluding hydrogens is 725 g/mol. The lowest BCUT2D eigenvalue weighted by Gasteiger charge is -2.20. The molecule has 0 heterocycles. The van der Waals surface area contributed by atoms with Crippen LogP contribution in [0.2, 0.25) is 0 Å². The van der Waals surface area contributed by atoms with Gasteiger partial charge in [0.25, 0.3) is 0 Å². The van der Waals surface area contributed by atoms with Gasteiger partial charge in [-0.2, -0.15) is 0 Å². The van der Waals surface area contributed by atoms with Gasteiger partial charge in [-0.05, 0) is 96.9 Å². The van der Waals surface area contributed by atoms with Gasteiger partial charge in [0.15, 0.2) is 6.10 Å². The van der Waals surface area contributed by atoms with Crippen molar-refractivity contribution in [1.29, 1.82) is 0 Å². The van der Waals surface area contributed by atoms with Crippen molar-refractivity contribution < 1.29 is 37.6 Å². The second-order valence-corrected chi connectivity index (χ2v) is 14.5. The largest absolute Gasteiger partial charge is 0.472 e. The maximum atomic E-state index is 12.6. The Bertz CT molecular complexity index is 1280. The van der Waals surface area contributed by atoms with Crippen LogP contribution in [0.25, 0.3) is 0 Å². The number of allylic oxidation sites excluding steroid dienone is 18. The third-order valence-electron chi connectivity index (χ3n) is 7.89. The van der Waals surface area contributed by atoms with Crippen LogP contribution in [-0.2, 0) is 32.7 Å². The molecule has 0 bridgehead atoms. The average molecular weight is 800 g/mol. The van der Waals surface area contributed by atoms with Crippen molar-refractivity contribution in [3.8, 4) is 0 Å². The smallest absolute Gasteiger partial charge is 0.462 e. The van der Waals surface area contributed by atoms with Crippen molar-refractivity contribution in [2.45, 2.75) is 136 Å². The molecule has 10 heteroatoms. The Morgan fingerprint density at radius 3 is 1.46 bits per heavy atom. The molecule has 0 saturated carbocycles. The second kappa shape index (κ2) is 41.3. The number of hydrogen-bond acceptors (Lipinski definition) is 8. The van der Waals surface area contributed by atoms with E-state index in [1.165, 1.54) is 0 Å². The minimum atomic E-state index is -4.38. The van der Waals surface area contributed by atoms with Gasteiger partial charge in [0.2, 0.25) is 0 Å². The fourth-order valence-corrected chi connectivity index (χ4v) is 5.56. The van der Waals surface area contributed by atoms with Gasteiger partial charge >= 0.3 is 19.8 Å². The molecule has 0 spiro atoms. The molecule has 9 nitrogen and oxygen atoms in total. The lowest BCUT2D eigenvalue weighted by molar-refractivity contribution is -0.161. The first kappa shape index (κ1) is 52.7. The highest BCUT2D eigenvalue weighted by atomic mass is 31.2. The summed E-state index contributed by atoms with van der Waals surface area (Å²) < 4.78 is 33.1. The molecule has 0 saturated heterocycles. The first-order valence-electron chi connectivity index (χ1n) is 20.8. The second-order valence-electron chi connectivity index (χ2n) is 13.1. The Balaban J connectivity index is 4.42. The standard InChI is InChI=1S/C46H74NO8P/c1-4-6-8-10-12-14-16-18-20-22-24-26-28-30-32-34-36-38-45(48)52-42-44(43-54-56(50,51)53-41-40-47-3)55-46(49)39-37-35-33-31-29-27-25-23-21-19-17-15-13-11-9-7-5-2/h6-9,12-15,18-21,24-27,30,32,44,47H,4-5,10-11,16-17,22-23,28-29,31,33-43H2,1-3H3,(H,50,51)/b8-6-,9-7-,14-12-,15-13-,20-18-,21-19-,26-24-,27-25-,32-30-. The first-order valence-corrected chi connectivity index (χ1v) is 22.3. The number of nitrogens with one attached hydrogen (secondary N) is 1. The Morgan fingerprint density at radius 2 is 0.982 bits per heavy atom. The van der Waals surface area contributed by atoms with E-state index in [0.29, 0.717) is 19.4 Å². The zero-order chi connectivity index (χ0) is 41.1. The Kier molecular flexibility index (Phi) is 38.9. The van der Waals surface area contributed by atoms with Crippen molar-refractivity contribution in [2.24, 2.45) is 0 Å². The van der Waals surface area contributed by atoms with Gasteiger partial charge in [-0.15, -0.1) is 0 Å². The van der Waals surface area contributed by atoms with E-state index in [2.05, 4.69) is 122 Å². The number of rotatable bonds is 37. The van der Waals surface area contributed by atoms with Crippen molar-refractivity contribution in [2.75, 3.05) is 33.4 Å². The van der Waals surface area contributed by atoms with Crippen LogP contribution < -0.4 is 5.32 Å². The van der Waals surface area contributed by atoms with Gasteiger partial charge in [-0.25, -0.2) is 4.57 Å². The Morgan fingerprint density at radius 1 is 0.554 bits per heavy atom. The first-order chi connectivity index (χ1) is 27.3. The SMILES string of the molecule is CC/C=C\C/C=C\C/C=C\C/C=C\C/C=C\CCCC(=O)OCC(COP(=O)(O)OCCNC)OC(=O)CCCCCC/C=C\C/C=C\C/C=C\C/C=C\CC. The van der Waals surface area contributed by atoms with Gasteiger partial charge in [0, 0.05) is 19.4 Å². The number of unbranched alkanes of at least 4 members (excludes halogenated alkanes) is 5. The van der Waals surface area contributed by atoms with Crippen LogP contribution in [0.3, 0.4) is 0 Å². The molecule has 56 heavy (non-hydrogen) atoms. The van der Waals surface area contributed by atoms with Crippen LogP contribution in [0.15, 0.2) is 109 Å². The predicted octanol–water partition coefficient (Wildman–Crippen LogP) is 11.9. The number of likely N-dealkylation sites (N-methyl/N-ethyl adjacent to an activating group) is 1. The van der Waals surface area contributed by atoms with E-state index in [-0.39, 0.29) is 26.1 Å². The maximum absolute atomic E-state index is 12.6. The van der Waals surface area contributed by atoms with E-state index in [4.69, 9.17) is 18.5 Å². The molecule has 0 aliphatic rings. The molecule has 0 rings (SSSR count). The number of hydrogen-bond donors (Lipinski definition) is 2. The lowest BCUT2D eigenvalue weighted by atomic mass is 10.1. The topological polar surface area (TPSA) is 120 Å². The summed E-state index contributed by atoms with van der Waals surface area (Å²) in [6.45, 7) is 3.86. The summed E-state index contributed by atoms with van der Waals surface area (Å²) in [7, 11) is -2.69. The summed E-state index contributed by atoms with van der Waals surface area (Å²) in [5, 5.41) is 2.81. The molecule has 2 N–H and O–H groups in total. The quantitative estimate of drug-likeness (QED) is 0.0274. The zero-order valence-electron chi connectivity index (χ0n) is 34.8. The molecule has 316 valence electrons. The number of ether oxygens (including phenoxy) is 2. The molecule has 2 atom stereocenters. The normalized spacial score (nSPS) is 14.4. The van der Waals surface area contributed by atoms with Crippen molar-refractivity contribution in [3.05, 3.63) is 109 Å². The van der Waals surface area contributed by atoms with E-state index in [1.54, 1.807) is 7.05 Å². The fourth-order valence-electron chi connectivity index (χ4n) is 4.81. The van der Waals surface area contributed by atoms with E-state index in [0.717, 1.165) is 89.9 Å². The van der Waals surface area contributed by atoms with Crippen LogP contribution in [0.5, 0.6) is 0 Å². The Hall–Kier alpha value is -3.33. The molecular formula is C46H74NO8P. The molecule has 0 aromatic rings. The molecule has 0 amide bonds. The number of carbonyl (C=O) groups is 2. The van der Waals surface area contributed by atoms with Crippen LogP contribution in [0.1, 0.15) is 129 Å². The molecule has 0 radical (unpaired) electrons. The third kappa shape index (κ3) is 40.3. The van der Waals surface area contributed by atoms with E-state index < -0.39 is 32.5 Å². The lowest BCUT2D eigenvalue weighted by Crippen LogP contribution is -2.29. The van der Waals surface area contributed by atoms with Gasteiger partial charge < -0.3 is 19.7 Å². The number of esters is 2. The van der Waals surface area contributed by atoms with Crippen molar-refractivity contribution >= 4 is 19.8 Å². The summed E-state index contributed by atoms with van der Waals surface area (Å²) in [6, 6.07) is 0. The van der Waals surface area contributed by atoms with E-state index in [1.807, 2.05) is 6.08 Å². The molecule has 0 aliphatic heterocycles. The monoisotopic (exact) mass is 800 g/mol. The van der Waals surface area contributed by atoms with Crippen molar-refractivity contribution in [1.82, 2.24) is 5.32 Å². The van der Waals surface area contributed by atoms with E-state index >= 15 is 0 Å². The maximum Gasteiger partial charge on any atom is 0.472 e. The number of phosphoric acid groups is 1. The van der Waals surface area contributed by atoms with Crippen LogP contribution in [0.4, 0.5) is 0 Å². The van der Waals surface area contributed by atoms with Gasteiger partial charge in [-0.1, -0.05) is 136 Å². The number of carbonyl (C=O) groups excluding carboxylic acids is 2. The van der Waals surface area contributed by atoms with Crippen LogP contribution in [0, 0.1) is 0 Å². The fraction of sp³-hybridized carbons (Fsp3) is 0.565. The van der Waals surface area contributed by atoms with Gasteiger partial charge in [0.05, 0.1) is 13.2 Å². The minimum Gasteiger partial charge on any atom is -0.462 e. The highest BCUT2D eigenvalue weighted by Crippen LogP contribution is 2.43. The molecule has 0 aliphatic carbocycles. The zero-order valence-corrected chi connectivity index (χ0v) is 35.7. The van der Waals surface area contributed by atoms with Crippen LogP contribution in [-0.4, -0.2) is 56.3 Å². The molecule has 2 unspecified atom stereocenters. The highest BCUT2D eigenvalue weighted by molar-refractivity contribution is 7.47. The molecule has 0 fully saturated rings. The molecule has 0 aromatic carbocycles. The average Bonchev–Trinajstić information content (AvgIpc) is 3.18. The highest BCUT2D eigenvalue weighted by Gasteiger charge is 2.26. The summed E-state index contributed by atoms with van der Waals surface area (Å²) in [6.07, 6.45) is 52.8. The summed E-state index contributed by atoms with van der Waals surface area (Å²) in [5.74, 6) is -0.917. The summed E-state index contributed by atoms with van der Waals surface area (Å²) in [5.41, 5.74) is 0. The van der Waals surface area contributed by atoms with Gasteiger partial charge in [0.1, 0.15) is 6.61 Å². The minimum absolute atomic E-state index is 0.0378. The molecule has 0 aromatic heterocycles. The Labute approximate surface area is 340 Å².